The average Bonchev–Trinajstić information content (AvgIpc) is 2.34. The Morgan fingerprint density at radius 1 is 1.53 bits per heavy atom. The highest BCUT2D eigenvalue weighted by molar-refractivity contribution is 7.98. The molecule has 1 aromatic rings. The third-order valence-electron chi connectivity index (χ3n) is 2.41. The Labute approximate surface area is 106 Å². The molecule has 0 aliphatic heterocycles. The van der Waals surface area contributed by atoms with Gasteiger partial charge in [-0.3, -0.25) is 4.79 Å². The summed E-state index contributed by atoms with van der Waals surface area (Å²) in [6.45, 7) is 0.658. The van der Waals surface area contributed by atoms with Crippen LogP contribution in [0.1, 0.15) is 10.4 Å². The van der Waals surface area contributed by atoms with Crippen LogP contribution in [0.4, 0.5) is 0 Å². The van der Waals surface area contributed by atoms with E-state index in [4.69, 9.17) is 4.74 Å². The summed E-state index contributed by atoms with van der Waals surface area (Å²) in [7, 11) is 3.24. The summed E-state index contributed by atoms with van der Waals surface area (Å²) in [6, 6.07) is 4.68. The van der Waals surface area contributed by atoms with Crippen molar-refractivity contribution in [3.8, 4) is 11.5 Å². The molecule has 1 aromatic carbocycles. The molecule has 0 unspecified atom stereocenters. The number of carbonyl (C=O) groups is 1. The topological polar surface area (TPSA) is 49.8 Å². The summed E-state index contributed by atoms with van der Waals surface area (Å²) in [5.41, 5.74) is 0.300. The predicted octanol–water partition coefficient (Wildman–Crippen LogP) is 1.84. The van der Waals surface area contributed by atoms with Gasteiger partial charge in [-0.2, -0.15) is 11.8 Å². The number of benzene rings is 1. The molecule has 0 heterocycles. The molecule has 0 atom stereocenters. The van der Waals surface area contributed by atoms with Crippen LogP contribution in [0.15, 0.2) is 18.2 Å². The van der Waals surface area contributed by atoms with Crippen LogP contribution in [0.2, 0.25) is 0 Å². The molecular weight excluding hydrogens is 238 g/mol. The normalized spacial score (nSPS) is 10.1. The Morgan fingerprint density at radius 3 is 2.76 bits per heavy atom. The van der Waals surface area contributed by atoms with Crippen LogP contribution in [0.5, 0.6) is 11.5 Å². The van der Waals surface area contributed by atoms with Gasteiger partial charge < -0.3 is 14.7 Å². The molecule has 0 spiro atoms. The van der Waals surface area contributed by atoms with E-state index in [-0.39, 0.29) is 11.7 Å². The number of aromatic hydroxyl groups is 1. The van der Waals surface area contributed by atoms with E-state index in [2.05, 4.69) is 0 Å². The lowest BCUT2D eigenvalue weighted by Crippen LogP contribution is -2.28. The first kappa shape index (κ1) is 13.7. The van der Waals surface area contributed by atoms with Crippen molar-refractivity contribution in [1.82, 2.24) is 4.90 Å². The fraction of sp³-hybridized carbons (Fsp3) is 0.417. The van der Waals surface area contributed by atoms with Crippen molar-refractivity contribution in [3.05, 3.63) is 23.8 Å². The molecule has 94 valence electrons. The van der Waals surface area contributed by atoms with Crippen molar-refractivity contribution in [3.63, 3.8) is 0 Å². The molecule has 0 aliphatic carbocycles. The van der Waals surface area contributed by atoms with Crippen LogP contribution in [-0.4, -0.2) is 48.6 Å². The molecular formula is C12H17NO3S. The highest BCUT2D eigenvalue weighted by Gasteiger charge is 2.15. The van der Waals surface area contributed by atoms with Crippen LogP contribution < -0.4 is 4.74 Å². The zero-order valence-corrected chi connectivity index (χ0v) is 11.1. The van der Waals surface area contributed by atoms with Crippen molar-refractivity contribution in [2.24, 2.45) is 0 Å². The lowest BCUT2D eigenvalue weighted by molar-refractivity contribution is 0.0800. The summed E-state index contributed by atoms with van der Waals surface area (Å²) in [5, 5.41) is 9.73. The summed E-state index contributed by atoms with van der Waals surface area (Å²) >= 11 is 1.68. The minimum atomic E-state index is -0.181. The van der Waals surface area contributed by atoms with Crippen LogP contribution in [0.25, 0.3) is 0 Å². The first-order valence-electron chi connectivity index (χ1n) is 5.21. The summed E-state index contributed by atoms with van der Waals surface area (Å²) in [6.07, 6.45) is 1.99. The first-order chi connectivity index (χ1) is 8.10. The summed E-state index contributed by atoms with van der Waals surface area (Å²) in [4.78, 5) is 13.6. The zero-order valence-electron chi connectivity index (χ0n) is 10.3. The second-order valence-electron chi connectivity index (χ2n) is 3.60. The van der Waals surface area contributed by atoms with Gasteiger partial charge in [0.15, 0.2) is 0 Å². The van der Waals surface area contributed by atoms with Crippen LogP contribution in [-0.2, 0) is 0 Å². The minimum absolute atomic E-state index is 0.0506. The van der Waals surface area contributed by atoms with E-state index in [1.165, 1.54) is 13.2 Å². The van der Waals surface area contributed by atoms with E-state index < -0.39 is 0 Å². The standard InChI is InChI=1S/C12H17NO3S/c1-13(6-7-17-3)12(15)10-5-4-9(16-2)8-11(10)14/h4-5,8,14H,6-7H2,1-3H3. The van der Waals surface area contributed by atoms with Gasteiger partial charge in [0, 0.05) is 25.4 Å². The number of hydrogen-bond acceptors (Lipinski definition) is 4. The Hall–Kier alpha value is -1.36. The number of rotatable bonds is 5. The van der Waals surface area contributed by atoms with Gasteiger partial charge in [0.25, 0.3) is 5.91 Å². The Bertz CT molecular complexity index is 395. The van der Waals surface area contributed by atoms with Gasteiger partial charge in [-0.15, -0.1) is 0 Å². The highest BCUT2D eigenvalue weighted by atomic mass is 32.2. The molecule has 0 radical (unpaired) electrons. The SMILES string of the molecule is COc1ccc(C(=O)N(C)CCSC)c(O)c1. The largest absolute Gasteiger partial charge is 0.507 e. The molecule has 0 bridgehead atoms. The summed E-state index contributed by atoms with van der Waals surface area (Å²) < 4.78 is 4.97. The van der Waals surface area contributed by atoms with Crippen molar-refractivity contribution < 1.29 is 14.6 Å². The predicted molar refractivity (Wildman–Crippen MR) is 70.0 cm³/mol. The molecule has 4 nitrogen and oxygen atoms in total. The molecule has 17 heavy (non-hydrogen) atoms. The third-order valence-corrected chi connectivity index (χ3v) is 3.00. The maximum atomic E-state index is 12.0. The van der Waals surface area contributed by atoms with Gasteiger partial charge in [-0.1, -0.05) is 0 Å². The number of phenols is 1. The van der Waals surface area contributed by atoms with Gasteiger partial charge in [-0.05, 0) is 18.4 Å². The van der Waals surface area contributed by atoms with Crippen LogP contribution in [0.3, 0.4) is 0 Å². The van der Waals surface area contributed by atoms with Crippen molar-refractivity contribution >= 4 is 17.7 Å². The molecule has 1 rings (SSSR count). The molecule has 0 aromatic heterocycles. The van der Waals surface area contributed by atoms with Gasteiger partial charge in [0.1, 0.15) is 11.5 Å². The van der Waals surface area contributed by atoms with Crippen molar-refractivity contribution in [1.29, 1.82) is 0 Å². The Morgan fingerprint density at radius 2 is 2.24 bits per heavy atom. The van der Waals surface area contributed by atoms with E-state index in [1.54, 1.807) is 35.8 Å². The number of phenolic OH excluding ortho intramolecular Hbond substituents is 1. The molecule has 0 saturated carbocycles. The number of carbonyl (C=O) groups excluding carboxylic acids is 1. The average molecular weight is 255 g/mol. The minimum Gasteiger partial charge on any atom is -0.507 e. The van der Waals surface area contributed by atoms with Gasteiger partial charge in [-0.25, -0.2) is 0 Å². The monoisotopic (exact) mass is 255 g/mol. The van der Waals surface area contributed by atoms with E-state index >= 15 is 0 Å². The fourth-order valence-corrected chi connectivity index (χ4v) is 1.81. The maximum Gasteiger partial charge on any atom is 0.257 e. The number of hydrogen-bond donors (Lipinski definition) is 1. The van der Waals surface area contributed by atoms with Crippen molar-refractivity contribution in [2.75, 3.05) is 32.7 Å². The first-order valence-corrected chi connectivity index (χ1v) is 6.61. The Kier molecular flexibility index (Phi) is 5.15. The molecule has 0 saturated heterocycles. The number of ether oxygens (including phenoxy) is 1. The van der Waals surface area contributed by atoms with E-state index in [1.807, 2.05) is 6.26 Å². The highest BCUT2D eigenvalue weighted by Crippen LogP contribution is 2.24. The number of amides is 1. The smallest absolute Gasteiger partial charge is 0.257 e. The van der Waals surface area contributed by atoms with Gasteiger partial charge in [0.2, 0.25) is 0 Å². The van der Waals surface area contributed by atoms with E-state index in [0.717, 1.165) is 5.75 Å². The second kappa shape index (κ2) is 6.39. The van der Waals surface area contributed by atoms with Gasteiger partial charge in [0.05, 0.1) is 12.7 Å². The van der Waals surface area contributed by atoms with Crippen LogP contribution in [0, 0.1) is 0 Å². The second-order valence-corrected chi connectivity index (χ2v) is 4.59. The van der Waals surface area contributed by atoms with Crippen LogP contribution >= 0.6 is 11.8 Å². The molecule has 1 amide bonds. The van der Waals surface area contributed by atoms with E-state index in [9.17, 15) is 9.90 Å². The molecule has 1 N–H and O–H groups in total. The molecule has 0 aliphatic rings. The number of nitrogens with zero attached hydrogens (tertiary/aromatic N) is 1. The zero-order chi connectivity index (χ0) is 12.8. The molecule has 5 heteroatoms. The maximum absolute atomic E-state index is 12.0. The van der Waals surface area contributed by atoms with Gasteiger partial charge >= 0.3 is 0 Å². The number of thioether (sulfide) groups is 1. The number of methoxy groups -OCH3 is 1. The quantitative estimate of drug-likeness (QED) is 0.872. The summed E-state index contributed by atoms with van der Waals surface area (Å²) in [5.74, 6) is 1.18. The van der Waals surface area contributed by atoms with Crippen molar-refractivity contribution in [2.45, 2.75) is 0 Å². The fourth-order valence-electron chi connectivity index (χ4n) is 1.35. The van der Waals surface area contributed by atoms with E-state index in [0.29, 0.717) is 17.9 Å². The molecule has 0 fully saturated rings. The Balaban J connectivity index is 2.81. The lowest BCUT2D eigenvalue weighted by atomic mass is 10.1. The lowest BCUT2D eigenvalue weighted by Gasteiger charge is -2.17. The third kappa shape index (κ3) is 3.56.